The molecule has 4 nitrogen and oxygen atoms in total. The standard InChI is InChI=1S/C16H22N2O2/c1-2-14-5-3-11-18(14)16(19)13-6-8-15(9-7-13)20-12-4-10-17/h3,5-9,14H,2,4,10-12,17H2,1H3/t14-/m0/s1. The van der Waals surface area contributed by atoms with E-state index >= 15 is 0 Å². The predicted molar refractivity (Wildman–Crippen MR) is 79.9 cm³/mol. The van der Waals surface area contributed by atoms with Crippen molar-refractivity contribution < 1.29 is 9.53 Å². The summed E-state index contributed by atoms with van der Waals surface area (Å²) in [4.78, 5) is 14.3. The molecule has 1 aromatic carbocycles. The number of rotatable bonds is 6. The Bertz CT molecular complexity index is 468. The first kappa shape index (κ1) is 14.6. The number of carbonyl (C=O) groups is 1. The van der Waals surface area contributed by atoms with Gasteiger partial charge in [-0.3, -0.25) is 4.79 Å². The molecule has 2 N–H and O–H groups in total. The summed E-state index contributed by atoms with van der Waals surface area (Å²) in [7, 11) is 0. The van der Waals surface area contributed by atoms with Gasteiger partial charge in [0.05, 0.1) is 12.6 Å². The first-order valence-corrected chi connectivity index (χ1v) is 7.16. The molecule has 0 spiro atoms. The summed E-state index contributed by atoms with van der Waals surface area (Å²) in [6.07, 6.45) is 5.93. The molecule has 108 valence electrons. The summed E-state index contributed by atoms with van der Waals surface area (Å²) in [6, 6.07) is 7.56. The molecule has 1 aliphatic rings. The Balaban J connectivity index is 1.97. The molecule has 0 saturated carbocycles. The molecular formula is C16H22N2O2. The highest BCUT2D eigenvalue weighted by molar-refractivity contribution is 5.95. The van der Waals surface area contributed by atoms with Crippen molar-refractivity contribution in [1.29, 1.82) is 0 Å². The maximum absolute atomic E-state index is 12.4. The summed E-state index contributed by atoms with van der Waals surface area (Å²) in [6.45, 7) is 4.02. The molecule has 1 amide bonds. The Kier molecular flexibility index (Phi) is 5.18. The van der Waals surface area contributed by atoms with Gasteiger partial charge in [0.2, 0.25) is 0 Å². The lowest BCUT2D eigenvalue weighted by Crippen LogP contribution is -2.35. The normalized spacial score (nSPS) is 17.5. The van der Waals surface area contributed by atoms with Gasteiger partial charge in [-0.05, 0) is 43.7 Å². The van der Waals surface area contributed by atoms with Crippen molar-refractivity contribution in [2.24, 2.45) is 5.73 Å². The van der Waals surface area contributed by atoms with Gasteiger partial charge in [-0.15, -0.1) is 0 Å². The van der Waals surface area contributed by atoms with E-state index in [0.717, 1.165) is 18.6 Å². The SMILES string of the molecule is CC[C@H]1C=CCN1C(=O)c1ccc(OCCCN)cc1. The van der Waals surface area contributed by atoms with Crippen LogP contribution >= 0.6 is 0 Å². The Morgan fingerprint density at radius 3 is 2.80 bits per heavy atom. The van der Waals surface area contributed by atoms with Crippen molar-refractivity contribution >= 4 is 5.91 Å². The lowest BCUT2D eigenvalue weighted by molar-refractivity contribution is 0.0747. The van der Waals surface area contributed by atoms with Crippen LogP contribution in [0.5, 0.6) is 5.75 Å². The first-order chi connectivity index (χ1) is 9.76. The minimum Gasteiger partial charge on any atom is -0.494 e. The average Bonchev–Trinajstić information content (AvgIpc) is 2.96. The van der Waals surface area contributed by atoms with E-state index in [1.54, 1.807) is 0 Å². The first-order valence-electron chi connectivity index (χ1n) is 7.16. The van der Waals surface area contributed by atoms with Crippen LogP contribution in [0.2, 0.25) is 0 Å². The fourth-order valence-electron chi connectivity index (χ4n) is 2.29. The van der Waals surface area contributed by atoms with E-state index in [2.05, 4.69) is 19.1 Å². The second kappa shape index (κ2) is 7.10. The van der Waals surface area contributed by atoms with Crippen molar-refractivity contribution in [1.82, 2.24) is 4.90 Å². The minimum absolute atomic E-state index is 0.0790. The molecular weight excluding hydrogens is 252 g/mol. The van der Waals surface area contributed by atoms with Gasteiger partial charge in [-0.2, -0.15) is 0 Å². The third-order valence-corrected chi connectivity index (χ3v) is 3.46. The Morgan fingerprint density at radius 1 is 1.40 bits per heavy atom. The van der Waals surface area contributed by atoms with Gasteiger partial charge in [-0.25, -0.2) is 0 Å². The molecule has 20 heavy (non-hydrogen) atoms. The van der Waals surface area contributed by atoms with Crippen molar-refractivity contribution in [2.75, 3.05) is 19.7 Å². The Labute approximate surface area is 120 Å². The van der Waals surface area contributed by atoms with E-state index in [1.807, 2.05) is 29.2 Å². The predicted octanol–water partition coefficient (Wildman–Crippen LogP) is 2.20. The van der Waals surface area contributed by atoms with E-state index < -0.39 is 0 Å². The lowest BCUT2D eigenvalue weighted by Gasteiger charge is -2.23. The van der Waals surface area contributed by atoms with Gasteiger partial charge < -0.3 is 15.4 Å². The van der Waals surface area contributed by atoms with Crippen LogP contribution in [0.4, 0.5) is 0 Å². The highest BCUT2D eigenvalue weighted by atomic mass is 16.5. The molecule has 0 fully saturated rings. The zero-order chi connectivity index (χ0) is 14.4. The summed E-state index contributed by atoms with van der Waals surface area (Å²) < 4.78 is 5.53. The van der Waals surface area contributed by atoms with Crippen LogP contribution in [0.3, 0.4) is 0 Å². The number of nitrogens with zero attached hydrogens (tertiary/aromatic N) is 1. The Morgan fingerprint density at radius 2 is 2.15 bits per heavy atom. The van der Waals surface area contributed by atoms with E-state index in [4.69, 9.17) is 10.5 Å². The number of amides is 1. The molecule has 1 heterocycles. The fraction of sp³-hybridized carbons (Fsp3) is 0.438. The maximum atomic E-state index is 12.4. The van der Waals surface area contributed by atoms with Gasteiger partial charge in [0.15, 0.2) is 0 Å². The smallest absolute Gasteiger partial charge is 0.254 e. The average molecular weight is 274 g/mol. The van der Waals surface area contributed by atoms with Crippen molar-refractivity contribution in [3.05, 3.63) is 42.0 Å². The third kappa shape index (κ3) is 3.39. The zero-order valence-corrected chi connectivity index (χ0v) is 11.9. The van der Waals surface area contributed by atoms with Crippen LogP contribution in [0.25, 0.3) is 0 Å². The second-order valence-corrected chi connectivity index (χ2v) is 4.88. The maximum Gasteiger partial charge on any atom is 0.254 e. The van der Waals surface area contributed by atoms with Crippen LogP contribution < -0.4 is 10.5 Å². The van der Waals surface area contributed by atoms with Crippen LogP contribution in [0, 0.1) is 0 Å². The summed E-state index contributed by atoms with van der Waals surface area (Å²) in [5, 5.41) is 0. The van der Waals surface area contributed by atoms with E-state index in [-0.39, 0.29) is 11.9 Å². The molecule has 1 aliphatic heterocycles. The molecule has 4 heteroatoms. The molecule has 0 saturated heterocycles. The number of hydrogen-bond donors (Lipinski definition) is 1. The number of nitrogens with two attached hydrogens (primary N) is 1. The van der Waals surface area contributed by atoms with Crippen LogP contribution in [0.1, 0.15) is 30.1 Å². The van der Waals surface area contributed by atoms with Crippen molar-refractivity contribution in [2.45, 2.75) is 25.8 Å². The monoisotopic (exact) mass is 274 g/mol. The number of ether oxygens (including phenoxy) is 1. The molecule has 1 atom stereocenters. The summed E-state index contributed by atoms with van der Waals surface area (Å²) in [5.41, 5.74) is 6.12. The molecule has 0 radical (unpaired) electrons. The van der Waals surface area contributed by atoms with Crippen LogP contribution in [0.15, 0.2) is 36.4 Å². The highest BCUT2D eigenvalue weighted by Gasteiger charge is 2.24. The van der Waals surface area contributed by atoms with E-state index in [0.29, 0.717) is 25.3 Å². The molecule has 0 aromatic heterocycles. The lowest BCUT2D eigenvalue weighted by atomic mass is 10.1. The molecule has 0 aliphatic carbocycles. The van der Waals surface area contributed by atoms with Gasteiger partial charge in [0.25, 0.3) is 5.91 Å². The van der Waals surface area contributed by atoms with Gasteiger partial charge in [-0.1, -0.05) is 19.1 Å². The van der Waals surface area contributed by atoms with Crippen molar-refractivity contribution in [3.8, 4) is 5.75 Å². The van der Waals surface area contributed by atoms with Gasteiger partial charge in [0.1, 0.15) is 5.75 Å². The molecule has 1 aromatic rings. The third-order valence-electron chi connectivity index (χ3n) is 3.46. The van der Waals surface area contributed by atoms with Crippen LogP contribution in [-0.2, 0) is 0 Å². The van der Waals surface area contributed by atoms with E-state index in [9.17, 15) is 4.79 Å². The number of benzene rings is 1. The molecule has 0 bridgehead atoms. The minimum atomic E-state index is 0.0790. The quantitative estimate of drug-likeness (QED) is 0.639. The van der Waals surface area contributed by atoms with Crippen LogP contribution in [-0.4, -0.2) is 36.5 Å². The van der Waals surface area contributed by atoms with E-state index in [1.165, 1.54) is 0 Å². The van der Waals surface area contributed by atoms with Crippen molar-refractivity contribution in [3.63, 3.8) is 0 Å². The highest BCUT2D eigenvalue weighted by Crippen LogP contribution is 2.19. The second-order valence-electron chi connectivity index (χ2n) is 4.88. The summed E-state index contributed by atoms with van der Waals surface area (Å²) >= 11 is 0. The summed E-state index contributed by atoms with van der Waals surface area (Å²) in [5.74, 6) is 0.858. The fourth-order valence-corrected chi connectivity index (χ4v) is 2.29. The number of carbonyl (C=O) groups excluding carboxylic acids is 1. The topological polar surface area (TPSA) is 55.6 Å². The zero-order valence-electron chi connectivity index (χ0n) is 11.9. The molecule has 2 rings (SSSR count). The number of hydrogen-bond acceptors (Lipinski definition) is 3. The van der Waals surface area contributed by atoms with Gasteiger partial charge in [0, 0.05) is 12.1 Å². The van der Waals surface area contributed by atoms with Gasteiger partial charge >= 0.3 is 0 Å². The Hall–Kier alpha value is -1.81. The largest absolute Gasteiger partial charge is 0.494 e. The molecule has 0 unspecified atom stereocenters.